The molecule has 0 radical (unpaired) electrons. The zero-order chi connectivity index (χ0) is 22.0. The first-order valence-corrected chi connectivity index (χ1v) is 8.79. The molecule has 2 heterocycles. The van der Waals surface area contributed by atoms with Crippen LogP contribution in [0.1, 0.15) is 5.56 Å². The normalized spacial score (nSPS) is 17.1. The van der Waals surface area contributed by atoms with Crippen molar-refractivity contribution in [1.29, 1.82) is 0 Å². The number of para-hydroxylation sites is 1. The average molecular weight is 413 g/mol. The maximum absolute atomic E-state index is 12.8. The van der Waals surface area contributed by atoms with E-state index in [4.69, 9.17) is 18.9 Å². The highest BCUT2D eigenvalue weighted by molar-refractivity contribution is 6.17. The van der Waals surface area contributed by atoms with Gasteiger partial charge in [-0.05, 0) is 17.7 Å². The number of methoxy groups -OCH3 is 4. The van der Waals surface area contributed by atoms with Gasteiger partial charge < -0.3 is 23.8 Å². The van der Waals surface area contributed by atoms with Crippen LogP contribution in [0.4, 0.5) is 5.69 Å². The number of rotatable bonds is 4. The molecule has 0 spiro atoms. The smallest absolute Gasteiger partial charge is 0.340 e. The van der Waals surface area contributed by atoms with Gasteiger partial charge in [0.05, 0.1) is 50.9 Å². The number of fused-ring (bicyclic) bond motifs is 3. The first-order chi connectivity index (χ1) is 14.4. The number of esters is 4. The Hall–Kier alpha value is -3.88. The van der Waals surface area contributed by atoms with Gasteiger partial charge >= 0.3 is 23.9 Å². The van der Waals surface area contributed by atoms with Crippen LogP contribution in [0.5, 0.6) is 0 Å². The van der Waals surface area contributed by atoms with Gasteiger partial charge in [0.2, 0.25) is 0 Å². The molecule has 0 aliphatic carbocycles. The van der Waals surface area contributed by atoms with Crippen LogP contribution in [-0.2, 0) is 38.1 Å². The number of anilines is 1. The number of carbonyl (C=O) groups is 4. The highest BCUT2D eigenvalue weighted by atomic mass is 16.5. The van der Waals surface area contributed by atoms with Gasteiger partial charge in [0.15, 0.2) is 6.04 Å². The Morgan fingerprint density at radius 2 is 1.37 bits per heavy atom. The van der Waals surface area contributed by atoms with Gasteiger partial charge in [-0.2, -0.15) is 0 Å². The molecule has 1 unspecified atom stereocenters. The lowest BCUT2D eigenvalue weighted by Crippen LogP contribution is -2.50. The molecule has 2 aliphatic rings. The Kier molecular flexibility index (Phi) is 5.72. The Labute approximate surface area is 172 Å². The topological polar surface area (TPSA) is 108 Å². The van der Waals surface area contributed by atoms with Gasteiger partial charge in [0.1, 0.15) is 0 Å². The van der Waals surface area contributed by atoms with E-state index < -0.39 is 35.5 Å². The summed E-state index contributed by atoms with van der Waals surface area (Å²) in [5.74, 6) is -3.70. The third-order valence-electron chi connectivity index (χ3n) is 4.79. The van der Waals surface area contributed by atoms with Gasteiger partial charge in [0, 0.05) is 5.69 Å². The first-order valence-electron chi connectivity index (χ1n) is 8.79. The summed E-state index contributed by atoms with van der Waals surface area (Å²) < 4.78 is 19.4. The number of allylic oxidation sites excluding steroid dienone is 1. The summed E-state index contributed by atoms with van der Waals surface area (Å²) in [5.41, 5.74) is 0.411. The van der Waals surface area contributed by atoms with Crippen molar-refractivity contribution in [3.05, 3.63) is 58.3 Å². The van der Waals surface area contributed by atoms with E-state index in [0.29, 0.717) is 5.69 Å². The number of carbonyl (C=O) groups excluding carboxylic acids is 4. The molecule has 0 fully saturated rings. The van der Waals surface area contributed by atoms with Crippen molar-refractivity contribution in [3.63, 3.8) is 0 Å². The number of hydrogen-bond donors (Lipinski definition) is 0. The summed E-state index contributed by atoms with van der Waals surface area (Å²) in [7, 11) is 4.48. The summed E-state index contributed by atoms with van der Waals surface area (Å²) in [5, 5.41) is 0. The molecule has 0 N–H and O–H groups in total. The van der Waals surface area contributed by atoms with Crippen LogP contribution in [-0.4, -0.2) is 58.4 Å². The van der Waals surface area contributed by atoms with Crippen LogP contribution in [0.25, 0.3) is 6.08 Å². The molecule has 1 aromatic carbocycles. The van der Waals surface area contributed by atoms with E-state index in [1.54, 1.807) is 36.4 Å². The standard InChI is InChI=1S/C21H19NO8/c1-27-18(23)14-13-10-9-11-7-5-6-8-12(11)22(13)17(21(26)30-4)16(20(25)29-3)15(14)19(24)28-2/h5-10,17H,1-4H3. The Morgan fingerprint density at radius 3 is 1.97 bits per heavy atom. The molecule has 0 saturated carbocycles. The lowest BCUT2D eigenvalue weighted by atomic mass is 9.85. The highest BCUT2D eigenvalue weighted by Crippen LogP contribution is 2.42. The molecule has 0 amide bonds. The summed E-state index contributed by atoms with van der Waals surface area (Å²) in [4.78, 5) is 52.4. The maximum Gasteiger partial charge on any atom is 0.340 e. The fraction of sp³-hybridized carbons (Fsp3) is 0.238. The van der Waals surface area contributed by atoms with Crippen LogP contribution in [0.15, 0.2) is 52.8 Å². The third-order valence-corrected chi connectivity index (χ3v) is 4.79. The van der Waals surface area contributed by atoms with Crippen molar-refractivity contribution < 1.29 is 38.1 Å². The van der Waals surface area contributed by atoms with E-state index in [2.05, 4.69) is 0 Å². The molecular weight excluding hydrogens is 394 g/mol. The van der Waals surface area contributed by atoms with Crippen molar-refractivity contribution in [3.8, 4) is 0 Å². The van der Waals surface area contributed by atoms with Crippen molar-refractivity contribution >= 4 is 35.6 Å². The number of ether oxygens (including phenoxy) is 4. The van der Waals surface area contributed by atoms with Crippen LogP contribution in [0.3, 0.4) is 0 Å². The highest BCUT2D eigenvalue weighted by Gasteiger charge is 2.48. The summed E-state index contributed by atoms with van der Waals surface area (Å²) in [6.07, 6.45) is 3.28. The third kappa shape index (κ3) is 3.14. The number of hydrogen-bond acceptors (Lipinski definition) is 9. The second-order valence-corrected chi connectivity index (χ2v) is 6.21. The Bertz CT molecular complexity index is 1030. The maximum atomic E-state index is 12.8. The molecular formula is C21H19NO8. The first kappa shape index (κ1) is 20.8. The molecule has 30 heavy (non-hydrogen) atoms. The van der Waals surface area contributed by atoms with E-state index in [-0.39, 0.29) is 16.8 Å². The van der Waals surface area contributed by atoms with Crippen LogP contribution < -0.4 is 4.90 Å². The van der Waals surface area contributed by atoms with Gasteiger partial charge in [-0.25, -0.2) is 19.2 Å². The average Bonchev–Trinajstić information content (AvgIpc) is 2.79. The molecule has 1 aromatic rings. The largest absolute Gasteiger partial charge is 0.467 e. The summed E-state index contributed by atoms with van der Waals surface area (Å²) in [6.45, 7) is 0. The molecule has 1 atom stereocenters. The van der Waals surface area contributed by atoms with E-state index in [1.807, 2.05) is 0 Å². The SMILES string of the molecule is COC(=O)C1=C(C(=O)OC)C(C(=O)OC)N2C(=C1C(=O)OC)C=Cc1ccccc12. The molecule has 0 bridgehead atoms. The molecule has 0 aromatic heterocycles. The molecule has 2 aliphatic heterocycles. The lowest BCUT2D eigenvalue weighted by Gasteiger charge is -2.40. The zero-order valence-corrected chi connectivity index (χ0v) is 16.8. The van der Waals surface area contributed by atoms with Crippen molar-refractivity contribution in [2.75, 3.05) is 33.3 Å². The van der Waals surface area contributed by atoms with E-state index in [1.165, 1.54) is 4.90 Å². The molecule has 9 nitrogen and oxygen atoms in total. The van der Waals surface area contributed by atoms with E-state index in [9.17, 15) is 19.2 Å². The van der Waals surface area contributed by atoms with E-state index >= 15 is 0 Å². The molecule has 3 rings (SSSR count). The number of benzene rings is 1. The monoisotopic (exact) mass is 413 g/mol. The van der Waals surface area contributed by atoms with Crippen molar-refractivity contribution in [2.24, 2.45) is 0 Å². The molecule has 9 heteroatoms. The second kappa shape index (κ2) is 8.24. The minimum absolute atomic E-state index is 0.184. The molecule has 156 valence electrons. The minimum Gasteiger partial charge on any atom is -0.467 e. The predicted molar refractivity (Wildman–Crippen MR) is 104 cm³/mol. The lowest BCUT2D eigenvalue weighted by molar-refractivity contribution is -0.145. The second-order valence-electron chi connectivity index (χ2n) is 6.21. The van der Waals surface area contributed by atoms with Gasteiger partial charge in [-0.3, -0.25) is 0 Å². The minimum atomic E-state index is -1.40. The Balaban J connectivity index is 2.47. The Morgan fingerprint density at radius 1 is 0.767 bits per heavy atom. The fourth-order valence-corrected chi connectivity index (χ4v) is 3.52. The van der Waals surface area contributed by atoms with E-state index in [0.717, 1.165) is 34.0 Å². The van der Waals surface area contributed by atoms with Crippen LogP contribution >= 0.6 is 0 Å². The van der Waals surface area contributed by atoms with Crippen molar-refractivity contribution in [1.82, 2.24) is 0 Å². The van der Waals surface area contributed by atoms with Gasteiger partial charge in [-0.15, -0.1) is 0 Å². The van der Waals surface area contributed by atoms with Crippen LogP contribution in [0, 0.1) is 0 Å². The summed E-state index contributed by atoms with van der Waals surface area (Å²) >= 11 is 0. The van der Waals surface area contributed by atoms with Crippen molar-refractivity contribution in [2.45, 2.75) is 6.04 Å². The summed E-state index contributed by atoms with van der Waals surface area (Å²) in [6, 6.07) is 5.64. The zero-order valence-electron chi connectivity index (χ0n) is 16.8. The molecule has 0 saturated heterocycles. The van der Waals surface area contributed by atoms with Crippen LogP contribution in [0.2, 0.25) is 0 Å². The fourth-order valence-electron chi connectivity index (χ4n) is 3.52. The quantitative estimate of drug-likeness (QED) is 0.530. The van der Waals surface area contributed by atoms with Gasteiger partial charge in [-0.1, -0.05) is 24.3 Å². The van der Waals surface area contributed by atoms with Gasteiger partial charge in [0.25, 0.3) is 0 Å². The predicted octanol–water partition coefficient (Wildman–Crippen LogP) is 1.14. The number of nitrogens with zero attached hydrogens (tertiary/aromatic N) is 1.